The summed E-state index contributed by atoms with van der Waals surface area (Å²) in [5, 5.41) is -0.711. The summed E-state index contributed by atoms with van der Waals surface area (Å²) in [6, 6.07) is 16.0. The first kappa shape index (κ1) is 31.6. The fourth-order valence-corrected chi connectivity index (χ4v) is 6.54. The molecule has 34 heavy (non-hydrogen) atoms. The smallest absolute Gasteiger partial charge is 0.870 e. The fourth-order valence-electron chi connectivity index (χ4n) is 5.34. The summed E-state index contributed by atoms with van der Waals surface area (Å²) in [6.45, 7) is 0. The molecule has 0 amide bonds. The Balaban J connectivity index is 0.00000193. The van der Waals surface area contributed by atoms with E-state index in [1.54, 1.807) is 12.1 Å². The van der Waals surface area contributed by atoms with Crippen molar-refractivity contribution in [2.75, 3.05) is 0 Å². The standard InChI is InChI=1S/C24H30O5S2.2Li.H2O/c25-30(26)23-13-9-21(10-14-23)19-5-1-17(2-6-19)18-3-7-20(8-4-18)22-11-15-24(16-12-22)31(27,28)29;;;/h3-4,7-10,13-14,17,19,22,24H,1-2,5-6,11-12,15-16H2,(H,25,26)(H,27,28,29);;;1H2/q;2*+1;/p-3. The molecule has 2 saturated carbocycles. The number of rotatable bonds is 5. The third-order valence-electron chi connectivity index (χ3n) is 7.23. The second-order valence-corrected chi connectivity index (χ2v) is 11.6. The van der Waals surface area contributed by atoms with E-state index in [9.17, 15) is 21.7 Å². The number of hydrogen-bond donors (Lipinski definition) is 0. The Morgan fingerprint density at radius 3 is 1.24 bits per heavy atom. The van der Waals surface area contributed by atoms with Gasteiger partial charge in [0.1, 0.15) is 0 Å². The molecule has 0 aliphatic heterocycles. The van der Waals surface area contributed by atoms with Crippen LogP contribution in [-0.2, 0) is 21.2 Å². The molecule has 1 atom stereocenters. The molecule has 1 N–H and O–H groups in total. The van der Waals surface area contributed by atoms with E-state index in [0.717, 1.165) is 38.5 Å². The molecule has 2 fully saturated rings. The van der Waals surface area contributed by atoms with E-state index in [0.29, 0.717) is 35.5 Å². The summed E-state index contributed by atoms with van der Waals surface area (Å²) >= 11 is -2.17. The molecule has 2 aliphatic rings. The Bertz CT molecular complexity index is 1010. The zero-order chi connectivity index (χ0) is 22.0. The van der Waals surface area contributed by atoms with Crippen molar-refractivity contribution in [3.05, 3.63) is 65.2 Å². The average molecular weight is 492 g/mol. The summed E-state index contributed by atoms with van der Waals surface area (Å²) in [4.78, 5) is 0.334. The maximum Gasteiger partial charge on any atom is 1.00 e. The van der Waals surface area contributed by atoms with Crippen molar-refractivity contribution in [2.45, 2.75) is 79.3 Å². The quantitative estimate of drug-likeness (QED) is 0.293. The Labute approximate surface area is 229 Å². The molecule has 0 radical (unpaired) electrons. The van der Waals surface area contributed by atoms with Crippen molar-refractivity contribution in [2.24, 2.45) is 0 Å². The summed E-state index contributed by atoms with van der Waals surface area (Å²) in [5.74, 6) is 1.37. The molecule has 4 rings (SSSR count). The largest absolute Gasteiger partial charge is 1.00 e. The van der Waals surface area contributed by atoms with Gasteiger partial charge in [-0.3, -0.25) is 4.21 Å². The first-order chi connectivity index (χ1) is 14.8. The molecule has 0 bridgehead atoms. The minimum absolute atomic E-state index is 0. The van der Waals surface area contributed by atoms with Crippen molar-refractivity contribution >= 4 is 21.2 Å². The number of hydrogen-bond acceptors (Lipinski definition) is 6. The molecule has 0 heterocycles. The first-order valence-corrected chi connectivity index (χ1v) is 13.6. The molecule has 2 aliphatic carbocycles. The van der Waals surface area contributed by atoms with Crippen molar-refractivity contribution < 1.29 is 64.9 Å². The Morgan fingerprint density at radius 2 is 0.941 bits per heavy atom. The summed E-state index contributed by atoms with van der Waals surface area (Å²) in [5.41, 5.74) is 3.82. The molecule has 0 spiro atoms. The maximum absolute atomic E-state index is 11.2. The van der Waals surface area contributed by atoms with Crippen LogP contribution in [-0.4, -0.2) is 32.5 Å². The molecular weight excluding hydrogens is 462 g/mol. The van der Waals surface area contributed by atoms with Crippen LogP contribution in [0.1, 0.15) is 85.8 Å². The van der Waals surface area contributed by atoms with Gasteiger partial charge in [0.05, 0.1) is 10.1 Å². The molecule has 10 heteroatoms. The molecule has 1 unspecified atom stereocenters. The van der Waals surface area contributed by atoms with Crippen LogP contribution in [0, 0.1) is 0 Å². The SMILES string of the molecule is O=S([O-])c1ccc(C2CCC(c3ccc(C4CCC(S(=O)(=O)[O-])CC4)cc3)CC2)cc1.[Li+].[Li+].[OH-]. The van der Waals surface area contributed by atoms with Gasteiger partial charge in [0, 0.05) is 10.1 Å². The monoisotopic (exact) mass is 491 g/mol. The fraction of sp³-hybridized carbons (Fsp3) is 0.500. The van der Waals surface area contributed by atoms with Crippen LogP contribution in [0.3, 0.4) is 0 Å². The maximum atomic E-state index is 11.2. The van der Waals surface area contributed by atoms with Crippen molar-refractivity contribution in [1.82, 2.24) is 0 Å². The Hall–Kier alpha value is -0.385. The Kier molecular flexibility index (Phi) is 12.8. The second-order valence-electron chi connectivity index (χ2n) is 8.99. The van der Waals surface area contributed by atoms with Crippen LogP contribution < -0.4 is 37.7 Å². The van der Waals surface area contributed by atoms with Crippen LogP contribution in [0.15, 0.2) is 53.4 Å². The number of benzene rings is 2. The predicted octanol–water partition coefficient (Wildman–Crippen LogP) is -1.23. The van der Waals surface area contributed by atoms with E-state index in [2.05, 4.69) is 24.3 Å². The van der Waals surface area contributed by atoms with Gasteiger partial charge in [0.2, 0.25) is 0 Å². The second kappa shape index (κ2) is 13.8. The van der Waals surface area contributed by atoms with Crippen molar-refractivity contribution in [3.63, 3.8) is 0 Å². The van der Waals surface area contributed by atoms with E-state index in [-0.39, 0.29) is 43.2 Å². The van der Waals surface area contributed by atoms with E-state index < -0.39 is 26.4 Å². The van der Waals surface area contributed by atoms with E-state index in [1.807, 2.05) is 12.1 Å². The van der Waals surface area contributed by atoms with Gasteiger partial charge < -0.3 is 14.6 Å². The van der Waals surface area contributed by atoms with Gasteiger partial charge in [-0.15, -0.1) is 0 Å². The van der Waals surface area contributed by atoms with Gasteiger partial charge in [-0.25, -0.2) is 8.42 Å². The minimum atomic E-state index is -4.16. The molecule has 6 nitrogen and oxygen atoms in total. The zero-order valence-corrected chi connectivity index (χ0v) is 21.5. The van der Waals surface area contributed by atoms with Gasteiger partial charge in [0.25, 0.3) is 0 Å². The van der Waals surface area contributed by atoms with E-state index >= 15 is 0 Å². The first-order valence-electron chi connectivity index (χ1n) is 11.0. The molecular formula is C24H29Li2O6S2-. The van der Waals surface area contributed by atoms with Crippen LogP contribution in [0.5, 0.6) is 0 Å². The van der Waals surface area contributed by atoms with Crippen LogP contribution in [0.2, 0.25) is 0 Å². The zero-order valence-electron chi connectivity index (χ0n) is 19.9. The van der Waals surface area contributed by atoms with Crippen molar-refractivity contribution in [3.8, 4) is 0 Å². The molecule has 0 saturated heterocycles. The van der Waals surface area contributed by atoms with Gasteiger partial charge >= 0.3 is 37.7 Å². The van der Waals surface area contributed by atoms with E-state index in [1.165, 1.54) is 16.7 Å². The van der Waals surface area contributed by atoms with Gasteiger partial charge in [0.15, 0.2) is 0 Å². The summed E-state index contributed by atoms with van der Waals surface area (Å²) < 4.78 is 55.7. The van der Waals surface area contributed by atoms with Crippen LogP contribution in [0.4, 0.5) is 0 Å². The van der Waals surface area contributed by atoms with Gasteiger partial charge in [-0.2, -0.15) is 0 Å². The minimum Gasteiger partial charge on any atom is -0.870 e. The Morgan fingerprint density at radius 1 is 0.647 bits per heavy atom. The van der Waals surface area contributed by atoms with E-state index in [4.69, 9.17) is 0 Å². The average Bonchev–Trinajstić information content (AvgIpc) is 2.79. The molecule has 0 aromatic heterocycles. The topological polar surface area (TPSA) is 127 Å². The molecule has 2 aromatic rings. The van der Waals surface area contributed by atoms with Crippen LogP contribution >= 0.6 is 0 Å². The third-order valence-corrected chi connectivity index (χ3v) is 9.18. The third kappa shape index (κ3) is 7.81. The molecule has 176 valence electrons. The predicted molar refractivity (Wildman–Crippen MR) is 121 cm³/mol. The van der Waals surface area contributed by atoms with Crippen LogP contribution in [0.25, 0.3) is 0 Å². The normalized spacial score (nSPS) is 25.7. The van der Waals surface area contributed by atoms with Gasteiger partial charge in [-0.05, 0) is 109 Å². The summed E-state index contributed by atoms with van der Waals surface area (Å²) in [7, 11) is -4.16. The summed E-state index contributed by atoms with van der Waals surface area (Å²) in [6.07, 6.45) is 6.88. The van der Waals surface area contributed by atoms with Gasteiger partial charge in [-0.1, -0.05) is 36.4 Å². The van der Waals surface area contributed by atoms with Crippen molar-refractivity contribution in [1.29, 1.82) is 0 Å². The molecule has 2 aromatic carbocycles.